The topological polar surface area (TPSA) is 91.1 Å². The van der Waals surface area contributed by atoms with Crippen LogP contribution in [0.5, 0.6) is 0 Å². The third kappa shape index (κ3) is 2.10. The molecule has 0 unspecified atom stereocenters. The summed E-state index contributed by atoms with van der Waals surface area (Å²) in [6.45, 7) is 3.69. The number of benzene rings is 1. The van der Waals surface area contributed by atoms with Gasteiger partial charge in [-0.3, -0.25) is 4.79 Å². The van der Waals surface area contributed by atoms with Gasteiger partial charge in [-0.05, 0) is 43.7 Å². The van der Waals surface area contributed by atoms with E-state index in [2.05, 4.69) is 5.10 Å². The average Bonchev–Trinajstić information content (AvgIpc) is 2.76. The lowest BCUT2D eigenvalue weighted by Crippen LogP contribution is -2.10. The summed E-state index contributed by atoms with van der Waals surface area (Å²) >= 11 is 0. The number of hydrogen-bond donors (Lipinski definition) is 1. The largest absolute Gasteiger partial charge is 0.403 e. The lowest BCUT2D eigenvalue weighted by atomic mass is 10.2. The zero-order valence-electron chi connectivity index (χ0n) is 11.6. The van der Waals surface area contributed by atoms with E-state index in [-0.39, 0.29) is 0 Å². The molecule has 0 aliphatic rings. The first-order chi connectivity index (χ1) is 9.97. The molecule has 2 N–H and O–H groups in total. The van der Waals surface area contributed by atoms with E-state index in [4.69, 9.17) is 10.2 Å². The average molecular weight is 283 g/mol. The lowest BCUT2D eigenvalue weighted by molar-refractivity contribution is 0.100. The Labute approximate surface area is 119 Å². The second-order valence-corrected chi connectivity index (χ2v) is 4.84. The van der Waals surface area contributed by atoms with E-state index in [1.807, 2.05) is 13.8 Å². The maximum Gasteiger partial charge on any atom is 0.337 e. The predicted octanol–water partition coefficient (Wildman–Crippen LogP) is 1.69. The number of amides is 1. The van der Waals surface area contributed by atoms with Crippen LogP contribution in [0.2, 0.25) is 0 Å². The summed E-state index contributed by atoms with van der Waals surface area (Å²) in [6.07, 6.45) is 0. The van der Waals surface area contributed by atoms with Gasteiger partial charge < -0.3 is 10.2 Å². The highest BCUT2D eigenvalue weighted by Crippen LogP contribution is 2.23. The number of aryl methyl sites for hydroxylation is 2. The molecular formula is C15H13N3O3. The Bertz CT molecular complexity index is 904. The van der Waals surface area contributed by atoms with E-state index in [1.54, 1.807) is 28.9 Å². The number of carbonyl (C=O) groups excluding carboxylic acids is 1. The first-order valence-electron chi connectivity index (χ1n) is 6.37. The smallest absolute Gasteiger partial charge is 0.337 e. The summed E-state index contributed by atoms with van der Waals surface area (Å²) in [4.78, 5) is 22.7. The highest BCUT2D eigenvalue weighted by molar-refractivity contribution is 5.93. The summed E-state index contributed by atoms with van der Waals surface area (Å²) in [7, 11) is 0. The van der Waals surface area contributed by atoms with Crippen molar-refractivity contribution in [2.75, 3.05) is 0 Å². The van der Waals surface area contributed by atoms with E-state index in [1.165, 1.54) is 6.07 Å². The molecule has 0 spiro atoms. The van der Waals surface area contributed by atoms with Crippen molar-refractivity contribution >= 4 is 17.0 Å². The maximum absolute atomic E-state index is 11.6. The Hall–Kier alpha value is -2.89. The van der Waals surface area contributed by atoms with Crippen LogP contribution in [-0.2, 0) is 0 Å². The number of carbonyl (C=O) groups is 1. The monoisotopic (exact) mass is 283 g/mol. The Balaban J connectivity index is 2.25. The molecule has 0 radical (unpaired) electrons. The van der Waals surface area contributed by atoms with E-state index in [0.717, 1.165) is 16.6 Å². The first-order valence-corrected chi connectivity index (χ1v) is 6.37. The number of rotatable bonds is 2. The molecule has 1 aromatic carbocycles. The van der Waals surface area contributed by atoms with Crippen molar-refractivity contribution < 1.29 is 9.21 Å². The summed E-state index contributed by atoms with van der Waals surface area (Å²) in [5.74, 6) is -0.495. The molecule has 2 heterocycles. The van der Waals surface area contributed by atoms with Gasteiger partial charge in [0.1, 0.15) is 0 Å². The lowest BCUT2D eigenvalue weighted by Gasteiger charge is -2.03. The zero-order valence-corrected chi connectivity index (χ0v) is 11.6. The van der Waals surface area contributed by atoms with Crippen LogP contribution in [0.1, 0.15) is 21.6 Å². The van der Waals surface area contributed by atoms with Crippen LogP contribution in [-0.4, -0.2) is 15.7 Å². The van der Waals surface area contributed by atoms with Gasteiger partial charge >= 0.3 is 5.63 Å². The van der Waals surface area contributed by atoms with E-state index < -0.39 is 11.5 Å². The predicted molar refractivity (Wildman–Crippen MR) is 77.6 cm³/mol. The molecule has 0 aliphatic heterocycles. The van der Waals surface area contributed by atoms with Gasteiger partial charge in [-0.25, -0.2) is 4.79 Å². The van der Waals surface area contributed by atoms with Gasteiger partial charge in [-0.1, -0.05) is 0 Å². The van der Waals surface area contributed by atoms with Gasteiger partial charge in [0.2, 0.25) is 11.6 Å². The van der Waals surface area contributed by atoms with Crippen molar-refractivity contribution in [2.24, 2.45) is 5.73 Å². The molecule has 1 amide bonds. The fraction of sp³-hybridized carbons (Fsp3) is 0.133. The molecule has 0 atom stereocenters. The van der Waals surface area contributed by atoms with Crippen molar-refractivity contribution in [1.29, 1.82) is 0 Å². The Morgan fingerprint density at radius 3 is 2.52 bits per heavy atom. The van der Waals surface area contributed by atoms with Crippen LogP contribution in [0.15, 0.2) is 39.5 Å². The number of fused-ring (bicyclic) bond motifs is 1. The molecule has 2 aromatic heterocycles. The maximum atomic E-state index is 11.6. The summed E-state index contributed by atoms with van der Waals surface area (Å²) in [5, 5.41) is 5.22. The normalized spacial score (nSPS) is 11.0. The Morgan fingerprint density at radius 2 is 1.90 bits per heavy atom. The van der Waals surface area contributed by atoms with E-state index in [9.17, 15) is 9.59 Å². The number of nitrogens with two attached hydrogens (primary N) is 1. The summed E-state index contributed by atoms with van der Waals surface area (Å²) < 4.78 is 6.83. The third-order valence-corrected chi connectivity index (χ3v) is 3.34. The van der Waals surface area contributed by atoms with Crippen LogP contribution >= 0.6 is 0 Å². The number of nitrogens with zero attached hydrogens (tertiary/aromatic N) is 2. The van der Waals surface area contributed by atoms with E-state index in [0.29, 0.717) is 17.0 Å². The van der Waals surface area contributed by atoms with Crippen molar-refractivity contribution in [3.8, 4) is 5.69 Å². The molecule has 3 rings (SSSR count). The minimum absolute atomic E-state index is 0.393. The molecule has 6 heteroatoms. The second kappa shape index (κ2) is 4.59. The van der Waals surface area contributed by atoms with Crippen LogP contribution in [0.25, 0.3) is 16.8 Å². The summed E-state index contributed by atoms with van der Waals surface area (Å²) in [6, 6.07) is 8.06. The van der Waals surface area contributed by atoms with Crippen molar-refractivity contribution in [3.63, 3.8) is 0 Å². The van der Waals surface area contributed by atoms with Gasteiger partial charge in [0.15, 0.2) is 0 Å². The van der Waals surface area contributed by atoms with Crippen molar-refractivity contribution in [2.45, 2.75) is 13.8 Å². The van der Waals surface area contributed by atoms with Crippen LogP contribution in [0, 0.1) is 13.8 Å². The van der Waals surface area contributed by atoms with Gasteiger partial charge in [0, 0.05) is 11.6 Å². The standard InChI is InChI=1S/C15H13N3O3/c1-8-7-12(19)21-15-13(8)9(2)17-18(15)11-5-3-10(4-6-11)14(16)20/h3-7H,1-2H3,(H2,16,20). The Morgan fingerprint density at radius 1 is 1.24 bits per heavy atom. The molecule has 0 saturated carbocycles. The van der Waals surface area contributed by atoms with Gasteiger partial charge in [-0.2, -0.15) is 9.78 Å². The minimum Gasteiger partial charge on any atom is -0.403 e. The molecule has 6 nitrogen and oxygen atoms in total. The van der Waals surface area contributed by atoms with Gasteiger partial charge in [0.25, 0.3) is 0 Å². The Kier molecular flexibility index (Phi) is 2.86. The molecule has 3 aromatic rings. The van der Waals surface area contributed by atoms with Crippen molar-refractivity contribution in [1.82, 2.24) is 9.78 Å². The minimum atomic E-state index is -0.495. The number of primary amides is 1. The third-order valence-electron chi connectivity index (χ3n) is 3.34. The van der Waals surface area contributed by atoms with Crippen LogP contribution in [0.4, 0.5) is 0 Å². The van der Waals surface area contributed by atoms with Gasteiger partial charge in [-0.15, -0.1) is 0 Å². The quantitative estimate of drug-likeness (QED) is 0.774. The zero-order chi connectivity index (χ0) is 15.1. The molecule has 21 heavy (non-hydrogen) atoms. The van der Waals surface area contributed by atoms with Crippen LogP contribution in [0.3, 0.4) is 0 Å². The SMILES string of the molecule is Cc1cc(=O)oc2c1c(C)nn2-c1ccc(C(N)=O)cc1. The molecule has 0 fully saturated rings. The van der Waals surface area contributed by atoms with Gasteiger partial charge in [0.05, 0.1) is 16.8 Å². The highest BCUT2D eigenvalue weighted by atomic mass is 16.4. The molecule has 0 aliphatic carbocycles. The fourth-order valence-electron chi connectivity index (χ4n) is 2.37. The second-order valence-electron chi connectivity index (χ2n) is 4.84. The molecule has 106 valence electrons. The molecule has 0 saturated heterocycles. The number of aromatic nitrogens is 2. The van der Waals surface area contributed by atoms with Crippen LogP contribution < -0.4 is 11.4 Å². The van der Waals surface area contributed by atoms with Crippen molar-refractivity contribution in [3.05, 3.63) is 57.6 Å². The highest BCUT2D eigenvalue weighted by Gasteiger charge is 2.14. The van der Waals surface area contributed by atoms with E-state index >= 15 is 0 Å². The molecular weight excluding hydrogens is 270 g/mol. The first kappa shape index (κ1) is 13.1. The summed E-state index contributed by atoms with van der Waals surface area (Å²) in [5.41, 5.74) is 7.87. The fourth-order valence-corrected chi connectivity index (χ4v) is 2.37. The molecule has 0 bridgehead atoms. The number of hydrogen-bond acceptors (Lipinski definition) is 4.